The Bertz CT molecular complexity index is 1080. The van der Waals surface area contributed by atoms with Crippen LogP contribution >= 0.6 is 0 Å². The number of anilines is 1. The van der Waals surface area contributed by atoms with E-state index >= 15 is 0 Å². The van der Waals surface area contributed by atoms with Crippen LogP contribution in [0.1, 0.15) is 30.9 Å². The molecule has 0 spiro atoms. The van der Waals surface area contributed by atoms with Crippen molar-refractivity contribution >= 4 is 22.5 Å². The van der Waals surface area contributed by atoms with Gasteiger partial charge in [-0.2, -0.15) is 13.2 Å². The minimum absolute atomic E-state index is 0.188. The standard InChI is InChI=1S/C23H22F4N2O2/c1-22(24)11-15(12-22)21(30)29-20-13-28-19-7-2-14(10-18(19)20)8-9-31-17-5-3-16(4-6-17)23(25,26)27/h2-7,10,13,15,28H,8-9,11-12H2,1H3,(H,29,30). The quantitative estimate of drug-likeness (QED) is 0.476. The van der Waals surface area contributed by atoms with Gasteiger partial charge in [0.25, 0.3) is 0 Å². The number of nitrogens with one attached hydrogen (secondary N) is 2. The molecule has 4 rings (SSSR count). The average Bonchev–Trinajstić information content (AvgIpc) is 3.08. The van der Waals surface area contributed by atoms with E-state index in [0.717, 1.165) is 28.6 Å². The normalized spacial score (nSPS) is 21.0. The Morgan fingerprint density at radius 2 is 1.90 bits per heavy atom. The molecule has 4 nitrogen and oxygen atoms in total. The Labute approximate surface area is 176 Å². The highest BCUT2D eigenvalue weighted by atomic mass is 19.4. The molecular formula is C23H22F4N2O2. The van der Waals surface area contributed by atoms with Gasteiger partial charge in [0.05, 0.1) is 17.9 Å². The summed E-state index contributed by atoms with van der Waals surface area (Å²) in [5.41, 5.74) is 0.465. The van der Waals surface area contributed by atoms with Crippen molar-refractivity contribution in [2.75, 3.05) is 11.9 Å². The number of alkyl halides is 4. The fraction of sp³-hybridized carbons (Fsp3) is 0.348. The van der Waals surface area contributed by atoms with Crippen molar-refractivity contribution in [2.45, 2.75) is 38.0 Å². The Kier molecular flexibility index (Phi) is 5.41. The summed E-state index contributed by atoms with van der Waals surface area (Å²) < 4.78 is 57.1. The van der Waals surface area contributed by atoms with Crippen molar-refractivity contribution in [3.63, 3.8) is 0 Å². The van der Waals surface area contributed by atoms with E-state index in [1.807, 2.05) is 18.2 Å². The summed E-state index contributed by atoms with van der Waals surface area (Å²) in [6.45, 7) is 1.79. The fourth-order valence-corrected chi connectivity index (χ4v) is 3.84. The molecule has 0 saturated heterocycles. The van der Waals surface area contributed by atoms with Gasteiger partial charge in [-0.25, -0.2) is 4.39 Å². The number of hydrogen-bond acceptors (Lipinski definition) is 2. The van der Waals surface area contributed by atoms with E-state index in [1.54, 1.807) is 6.20 Å². The van der Waals surface area contributed by atoms with E-state index in [-0.39, 0.29) is 24.7 Å². The van der Waals surface area contributed by atoms with Crippen molar-refractivity contribution in [2.24, 2.45) is 5.92 Å². The number of benzene rings is 2. The van der Waals surface area contributed by atoms with Crippen molar-refractivity contribution in [1.29, 1.82) is 0 Å². The van der Waals surface area contributed by atoms with Crippen molar-refractivity contribution in [1.82, 2.24) is 4.98 Å². The maximum atomic E-state index is 13.7. The Morgan fingerprint density at radius 3 is 2.55 bits per heavy atom. The van der Waals surface area contributed by atoms with Gasteiger partial charge in [0.1, 0.15) is 11.4 Å². The summed E-state index contributed by atoms with van der Waals surface area (Å²) in [5.74, 6) is -0.142. The van der Waals surface area contributed by atoms with E-state index < -0.39 is 17.4 Å². The molecule has 3 aromatic rings. The second-order valence-electron chi connectivity index (χ2n) is 8.21. The number of hydrogen-bond donors (Lipinski definition) is 2. The topological polar surface area (TPSA) is 54.1 Å². The molecule has 0 bridgehead atoms. The Hall–Kier alpha value is -3.03. The van der Waals surface area contributed by atoms with Crippen molar-refractivity contribution in [3.8, 4) is 5.75 Å². The molecule has 1 saturated carbocycles. The predicted octanol–water partition coefficient (Wildman–Crippen LogP) is 5.88. The first-order chi connectivity index (χ1) is 14.6. The molecule has 8 heteroatoms. The predicted molar refractivity (Wildman–Crippen MR) is 110 cm³/mol. The van der Waals surface area contributed by atoms with Gasteiger partial charge in [-0.05, 0) is 61.7 Å². The number of aromatic nitrogens is 1. The van der Waals surface area contributed by atoms with Crippen LogP contribution in [0.5, 0.6) is 5.75 Å². The summed E-state index contributed by atoms with van der Waals surface area (Å²) in [6, 6.07) is 10.3. The smallest absolute Gasteiger partial charge is 0.416 e. The lowest BCUT2D eigenvalue weighted by Gasteiger charge is -2.37. The van der Waals surface area contributed by atoms with Crippen LogP contribution in [0.25, 0.3) is 10.9 Å². The lowest BCUT2D eigenvalue weighted by molar-refractivity contribution is -0.137. The molecule has 0 unspecified atom stereocenters. The third-order valence-corrected chi connectivity index (χ3v) is 5.56. The highest BCUT2D eigenvalue weighted by molar-refractivity contribution is 6.02. The van der Waals surface area contributed by atoms with Crippen LogP contribution in [0.3, 0.4) is 0 Å². The van der Waals surface area contributed by atoms with Crippen LogP contribution in [-0.4, -0.2) is 23.2 Å². The molecule has 31 heavy (non-hydrogen) atoms. The van der Waals surface area contributed by atoms with Crippen LogP contribution in [0.4, 0.5) is 23.2 Å². The molecule has 2 N–H and O–H groups in total. The largest absolute Gasteiger partial charge is 0.493 e. The highest BCUT2D eigenvalue weighted by Crippen LogP contribution is 2.41. The molecule has 2 aromatic carbocycles. The second-order valence-corrected chi connectivity index (χ2v) is 8.21. The molecule has 1 aromatic heterocycles. The van der Waals surface area contributed by atoms with Crippen LogP contribution in [0.15, 0.2) is 48.7 Å². The zero-order valence-corrected chi connectivity index (χ0v) is 16.9. The average molecular weight is 434 g/mol. The van der Waals surface area contributed by atoms with Gasteiger partial charge in [-0.1, -0.05) is 6.07 Å². The maximum Gasteiger partial charge on any atom is 0.416 e. The molecule has 1 heterocycles. The van der Waals surface area contributed by atoms with Crippen LogP contribution < -0.4 is 10.1 Å². The highest BCUT2D eigenvalue weighted by Gasteiger charge is 2.44. The number of carbonyl (C=O) groups excluding carboxylic acids is 1. The first kappa shape index (κ1) is 21.2. The summed E-state index contributed by atoms with van der Waals surface area (Å²) in [5, 5.41) is 3.71. The zero-order valence-electron chi connectivity index (χ0n) is 16.9. The van der Waals surface area contributed by atoms with Gasteiger partial charge >= 0.3 is 6.18 Å². The third kappa shape index (κ3) is 4.84. The van der Waals surface area contributed by atoms with E-state index in [2.05, 4.69) is 10.3 Å². The molecule has 0 atom stereocenters. The summed E-state index contributed by atoms with van der Waals surface area (Å²) in [7, 11) is 0. The number of H-pyrrole nitrogens is 1. The fourth-order valence-electron chi connectivity index (χ4n) is 3.84. The number of rotatable bonds is 6. The SMILES string of the molecule is CC1(F)CC(C(=O)Nc2c[nH]c3ccc(CCOc4ccc(C(F)(F)F)cc4)cc23)C1. The number of ether oxygens (including phenoxy) is 1. The second kappa shape index (κ2) is 7.90. The van der Waals surface area contributed by atoms with E-state index in [1.165, 1.54) is 19.1 Å². The molecular weight excluding hydrogens is 412 g/mol. The number of aromatic amines is 1. The molecule has 164 valence electrons. The number of carbonyl (C=O) groups is 1. The van der Waals surface area contributed by atoms with Gasteiger partial charge in [-0.3, -0.25) is 4.79 Å². The van der Waals surface area contributed by atoms with Gasteiger partial charge in [-0.15, -0.1) is 0 Å². The Morgan fingerprint density at radius 1 is 1.19 bits per heavy atom. The van der Waals surface area contributed by atoms with Crippen molar-refractivity contribution in [3.05, 3.63) is 59.8 Å². The van der Waals surface area contributed by atoms with E-state index in [0.29, 0.717) is 24.5 Å². The molecule has 1 fully saturated rings. The zero-order chi connectivity index (χ0) is 22.2. The number of fused-ring (bicyclic) bond motifs is 1. The first-order valence-corrected chi connectivity index (χ1v) is 10.0. The molecule has 0 radical (unpaired) electrons. The minimum atomic E-state index is -4.37. The van der Waals surface area contributed by atoms with Gasteiger partial charge in [0.15, 0.2) is 0 Å². The monoisotopic (exact) mass is 434 g/mol. The molecule has 0 aliphatic heterocycles. The molecule has 1 aliphatic rings. The van der Waals surface area contributed by atoms with E-state index in [4.69, 9.17) is 4.74 Å². The Balaban J connectivity index is 1.36. The van der Waals surface area contributed by atoms with Gasteiger partial charge < -0.3 is 15.0 Å². The van der Waals surface area contributed by atoms with Crippen LogP contribution in [-0.2, 0) is 17.4 Å². The summed E-state index contributed by atoms with van der Waals surface area (Å²) in [4.78, 5) is 15.4. The van der Waals surface area contributed by atoms with Crippen LogP contribution in [0.2, 0.25) is 0 Å². The lowest BCUT2D eigenvalue weighted by atomic mass is 9.73. The third-order valence-electron chi connectivity index (χ3n) is 5.56. The molecule has 1 aliphatic carbocycles. The summed E-state index contributed by atoms with van der Waals surface area (Å²) in [6.07, 6.45) is -1.67. The minimum Gasteiger partial charge on any atom is -0.493 e. The summed E-state index contributed by atoms with van der Waals surface area (Å²) >= 11 is 0. The lowest BCUT2D eigenvalue weighted by Crippen LogP contribution is -2.43. The van der Waals surface area contributed by atoms with Gasteiger partial charge in [0.2, 0.25) is 5.91 Å². The van der Waals surface area contributed by atoms with Crippen molar-refractivity contribution < 1.29 is 27.1 Å². The number of amides is 1. The van der Waals surface area contributed by atoms with E-state index in [9.17, 15) is 22.4 Å². The van der Waals surface area contributed by atoms with Gasteiger partial charge in [0, 0.05) is 29.4 Å². The number of halogens is 4. The maximum absolute atomic E-state index is 13.7. The first-order valence-electron chi connectivity index (χ1n) is 10.0. The van der Waals surface area contributed by atoms with Crippen LogP contribution in [0, 0.1) is 5.92 Å². The molecule has 1 amide bonds.